The summed E-state index contributed by atoms with van der Waals surface area (Å²) >= 11 is 0. The van der Waals surface area contributed by atoms with E-state index in [1.807, 2.05) is 0 Å². The van der Waals surface area contributed by atoms with Gasteiger partial charge in [0.15, 0.2) is 0 Å². The third kappa shape index (κ3) is 2.88. The molecule has 0 amide bonds. The van der Waals surface area contributed by atoms with E-state index in [1.165, 1.54) is 0 Å². The first-order chi connectivity index (χ1) is 6.38. The van der Waals surface area contributed by atoms with Gasteiger partial charge in [0, 0.05) is 17.1 Å². The van der Waals surface area contributed by atoms with E-state index in [0.717, 1.165) is 18.2 Å². The zero-order chi connectivity index (χ0) is 10.8. The maximum Gasteiger partial charge on any atom is 0.575 e. The van der Waals surface area contributed by atoms with Gasteiger partial charge in [-0.05, 0) is 11.0 Å². The monoisotopic (exact) mass is 208 g/mol. The van der Waals surface area contributed by atoms with Crippen molar-refractivity contribution in [2.24, 2.45) is 0 Å². The Balaban J connectivity index is 2.89. The van der Waals surface area contributed by atoms with Crippen molar-refractivity contribution in [2.75, 3.05) is 0 Å². The van der Waals surface area contributed by atoms with E-state index in [9.17, 15) is 23.3 Å². The molecule has 1 aromatic rings. The van der Waals surface area contributed by atoms with Crippen LogP contribution in [0.4, 0.5) is 19.0 Å². The summed E-state index contributed by atoms with van der Waals surface area (Å²) in [6.07, 6.45) is -4.90. The van der Waals surface area contributed by atoms with Gasteiger partial charge < -0.3 is 14.9 Å². The third-order valence-corrected chi connectivity index (χ3v) is 1.12. The molecular formula is C6H3F3N2O3. The smallest absolute Gasteiger partial charge is 0.366 e. The number of nitro groups is 1. The Morgan fingerprint density at radius 3 is 2.57 bits per heavy atom. The molecule has 1 heterocycles. The Hall–Kier alpha value is -1.86. The average Bonchev–Trinajstić information content (AvgIpc) is 2.01. The molecule has 0 saturated heterocycles. The van der Waals surface area contributed by atoms with Crippen molar-refractivity contribution in [3.63, 3.8) is 0 Å². The van der Waals surface area contributed by atoms with Gasteiger partial charge in [-0.1, -0.05) is 0 Å². The summed E-state index contributed by atoms with van der Waals surface area (Å²) in [5.74, 6) is -1.56. The van der Waals surface area contributed by atoms with E-state index < -0.39 is 23.0 Å². The van der Waals surface area contributed by atoms with Gasteiger partial charge in [0.05, 0.1) is 0 Å². The second kappa shape index (κ2) is 3.48. The highest BCUT2D eigenvalue weighted by molar-refractivity contribution is 5.24. The predicted molar refractivity (Wildman–Crippen MR) is 37.6 cm³/mol. The standard InChI is InChI=1S/C6H3F3N2O3/c7-6(8,9)14-5-3-1-2-4(10-5)11(12)13/h1-3H. The molecule has 0 aliphatic heterocycles. The zero-order valence-corrected chi connectivity index (χ0v) is 6.49. The highest BCUT2D eigenvalue weighted by Gasteiger charge is 2.33. The summed E-state index contributed by atoms with van der Waals surface area (Å²) in [6, 6.07) is 2.88. The molecule has 1 rings (SSSR count). The lowest BCUT2D eigenvalue weighted by Crippen LogP contribution is -2.18. The molecule has 0 aliphatic rings. The van der Waals surface area contributed by atoms with E-state index in [4.69, 9.17) is 0 Å². The van der Waals surface area contributed by atoms with Gasteiger partial charge in [0.2, 0.25) is 0 Å². The molecular weight excluding hydrogens is 205 g/mol. The lowest BCUT2D eigenvalue weighted by molar-refractivity contribution is -0.390. The Morgan fingerprint density at radius 2 is 2.07 bits per heavy atom. The summed E-state index contributed by atoms with van der Waals surface area (Å²) in [5, 5.41) is 10.1. The molecule has 0 unspecified atom stereocenters. The number of rotatable bonds is 2. The molecule has 0 fully saturated rings. The highest BCUT2D eigenvalue weighted by atomic mass is 19.4. The molecule has 8 heteroatoms. The minimum absolute atomic E-state index is 0.702. The largest absolute Gasteiger partial charge is 0.575 e. The van der Waals surface area contributed by atoms with Gasteiger partial charge in [-0.25, -0.2) is 0 Å². The van der Waals surface area contributed by atoms with Crippen LogP contribution in [0.15, 0.2) is 18.2 Å². The van der Waals surface area contributed by atoms with E-state index in [2.05, 4.69) is 9.72 Å². The summed E-state index contributed by atoms with van der Waals surface area (Å²) in [6.45, 7) is 0. The van der Waals surface area contributed by atoms with Crippen LogP contribution in [0, 0.1) is 10.1 Å². The number of halogens is 3. The number of ether oxygens (including phenoxy) is 1. The summed E-state index contributed by atoms with van der Waals surface area (Å²) in [7, 11) is 0. The van der Waals surface area contributed by atoms with Crippen LogP contribution in [-0.4, -0.2) is 16.3 Å². The number of aromatic nitrogens is 1. The normalized spacial score (nSPS) is 11.1. The molecule has 1 aromatic heterocycles. The Bertz CT molecular complexity index is 352. The number of hydrogen-bond acceptors (Lipinski definition) is 4. The molecule has 0 spiro atoms. The minimum Gasteiger partial charge on any atom is -0.366 e. The van der Waals surface area contributed by atoms with E-state index in [-0.39, 0.29) is 0 Å². The van der Waals surface area contributed by atoms with E-state index >= 15 is 0 Å². The van der Waals surface area contributed by atoms with Crippen LogP contribution in [-0.2, 0) is 0 Å². The highest BCUT2D eigenvalue weighted by Crippen LogP contribution is 2.22. The average molecular weight is 208 g/mol. The van der Waals surface area contributed by atoms with Gasteiger partial charge in [0.1, 0.15) is 0 Å². The molecule has 14 heavy (non-hydrogen) atoms. The lowest BCUT2D eigenvalue weighted by Gasteiger charge is -2.03. The van der Waals surface area contributed by atoms with Crippen molar-refractivity contribution in [3.8, 4) is 5.88 Å². The zero-order valence-electron chi connectivity index (χ0n) is 6.49. The van der Waals surface area contributed by atoms with Crippen molar-refractivity contribution < 1.29 is 22.8 Å². The maximum atomic E-state index is 11.6. The first-order valence-electron chi connectivity index (χ1n) is 3.26. The molecule has 0 aliphatic carbocycles. The SMILES string of the molecule is O=[N+]([O-])c1cccc(OC(F)(F)F)n1. The fourth-order valence-corrected chi connectivity index (χ4v) is 0.681. The van der Waals surface area contributed by atoms with Crippen LogP contribution in [0.1, 0.15) is 0 Å². The second-order valence-electron chi connectivity index (χ2n) is 2.14. The fraction of sp³-hybridized carbons (Fsp3) is 0.167. The summed E-state index contributed by atoms with van der Waals surface area (Å²) < 4.78 is 38.3. The van der Waals surface area contributed by atoms with Crippen molar-refractivity contribution in [1.29, 1.82) is 0 Å². The minimum atomic E-state index is -4.90. The summed E-state index contributed by atoms with van der Waals surface area (Å²) in [5.41, 5.74) is 0. The topological polar surface area (TPSA) is 65.3 Å². The predicted octanol–water partition coefficient (Wildman–Crippen LogP) is 1.89. The van der Waals surface area contributed by atoms with Crippen LogP contribution >= 0.6 is 0 Å². The molecule has 0 saturated carbocycles. The quantitative estimate of drug-likeness (QED) is 0.549. The van der Waals surface area contributed by atoms with Crippen LogP contribution in [0.25, 0.3) is 0 Å². The van der Waals surface area contributed by atoms with Crippen LogP contribution in [0.2, 0.25) is 0 Å². The van der Waals surface area contributed by atoms with E-state index in [1.54, 1.807) is 0 Å². The van der Waals surface area contributed by atoms with Crippen molar-refractivity contribution >= 4 is 5.82 Å². The van der Waals surface area contributed by atoms with Gasteiger partial charge in [-0.3, -0.25) is 0 Å². The number of pyridine rings is 1. The Morgan fingerprint density at radius 1 is 1.43 bits per heavy atom. The molecule has 0 bridgehead atoms. The number of alkyl halides is 3. The second-order valence-corrected chi connectivity index (χ2v) is 2.14. The van der Waals surface area contributed by atoms with E-state index in [0.29, 0.717) is 0 Å². The molecule has 0 N–H and O–H groups in total. The molecule has 5 nitrogen and oxygen atoms in total. The van der Waals surface area contributed by atoms with Gasteiger partial charge in [-0.15, -0.1) is 13.2 Å². The van der Waals surface area contributed by atoms with Crippen LogP contribution in [0.3, 0.4) is 0 Å². The van der Waals surface area contributed by atoms with Crippen LogP contribution < -0.4 is 4.74 Å². The van der Waals surface area contributed by atoms with Crippen molar-refractivity contribution in [1.82, 2.24) is 4.98 Å². The first-order valence-corrected chi connectivity index (χ1v) is 3.26. The first kappa shape index (κ1) is 10.2. The number of nitrogens with zero attached hydrogens (tertiary/aromatic N) is 2. The van der Waals surface area contributed by atoms with Gasteiger partial charge in [-0.2, -0.15) is 0 Å². The van der Waals surface area contributed by atoms with Crippen LogP contribution in [0.5, 0.6) is 5.88 Å². The third-order valence-electron chi connectivity index (χ3n) is 1.12. The van der Waals surface area contributed by atoms with Crippen molar-refractivity contribution in [2.45, 2.75) is 6.36 Å². The van der Waals surface area contributed by atoms with Crippen molar-refractivity contribution in [3.05, 3.63) is 28.3 Å². The van der Waals surface area contributed by atoms with Gasteiger partial charge >= 0.3 is 18.1 Å². The van der Waals surface area contributed by atoms with Gasteiger partial charge in [0.25, 0.3) is 0 Å². The molecule has 0 radical (unpaired) electrons. The Labute approximate surface area is 75.3 Å². The fourth-order valence-electron chi connectivity index (χ4n) is 0.681. The molecule has 0 aromatic carbocycles. The molecule has 0 atom stereocenters. The Kier molecular flexibility index (Phi) is 2.54. The maximum absolute atomic E-state index is 11.6. The molecule has 76 valence electrons. The lowest BCUT2D eigenvalue weighted by atomic mass is 10.4. The number of hydrogen-bond donors (Lipinski definition) is 0. The summed E-state index contributed by atoms with van der Waals surface area (Å²) in [4.78, 5) is 12.2.